The number of fused-ring (bicyclic) bond motifs is 3. The summed E-state index contributed by atoms with van der Waals surface area (Å²) >= 11 is 3.18. The lowest BCUT2D eigenvalue weighted by molar-refractivity contribution is -0.121. The number of H-pyrrole nitrogens is 1. The van der Waals surface area contributed by atoms with Gasteiger partial charge in [-0.25, -0.2) is 14.4 Å². The minimum Gasteiger partial charge on any atom is -0.342 e. The smallest absolute Gasteiger partial charge is 0.259 e. The lowest BCUT2D eigenvalue weighted by Gasteiger charge is -2.19. The van der Waals surface area contributed by atoms with Gasteiger partial charge >= 0.3 is 0 Å². The predicted octanol–water partition coefficient (Wildman–Crippen LogP) is 3.88. The third kappa shape index (κ3) is 4.65. The Morgan fingerprint density at radius 3 is 2.91 bits per heavy atom. The molecule has 0 saturated carbocycles. The van der Waals surface area contributed by atoms with Crippen molar-refractivity contribution in [2.24, 2.45) is 7.05 Å². The molecule has 1 aromatic carbocycles. The first-order valence-electron chi connectivity index (χ1n) is 11.1. The number of nitrogens with zero attached hydrogens (tertiary/aromatic N) is 3. The third-order valence-corrected chi connectivity index (χ3v) is 8.12. The molecule has 0 fully saturated rings. The van der Waals surface area contributed by atoms with Gasteiger partial charge in [0, 0.05) is 36.5 Å². The number of rotatable bonds is 8. The van der Waals surface area contributed by atoms with E-state index in [9.17, 15) is 14.0 Å². The van der Waals surface area contributed by atoms with E-state index in [-0.39, 0.29) is 17.3 Å². The summed E-state index contributed by atoms with van der Waals surface area (Å²) in [7, 11) is 1.85. The number of aromatic amines is 1. The van der Waals surface area contributed by atoms with Gasteiger partial charge in [-0.1, -0.05) is 12.1 Å². The molecule has 1 aliphatic carbocycles. The zero-order chi connectivity index (χ0) is 23.7. The third-order valence-electron chi connectivity index (χ3n) is 5.96. The zero-order valence-corrected chi connectivity index (χ0v) is 20.3. The molecule has 0 spiro atoms. The number of halogens is 1. The van der Waals surface area contributed by atoms with Crippen molar-refractivity contribution in [3.63, 3.8) is 0 Å². The first kappa shape index (κ1) is 22.8. The van der Waals surface area contributed by atoms with Gasteiger partial charge in [0.25, 0.3) is 5.56 Å². The van der Waals surface area contributed by atoms with Crippen molar-refractivity contribution in [1.82, 2.24) is 24.8 Å². The van der Waals surface area contributed by atoms with Gasteiger partial charge in [-0.15, -0.1) is 11.3 Å². The average Bonchev–Trinajstić information content (AvgIpc) is 3.52. The molecule has 1 atom stereocenters. The van der Waals surface area contributed by atoms with Gasteiger partial charge in [-0.2, -0.15) is 11.8 Å². The van der Waals surface area contributed by atoms with Crippen LogP contribution in [0.5, 0.6) is 0 Å². The van der Waals surface area contributed by atoms with Crippen molar-refractivity contribution in [2.45, 2.75) is 37.5 Å². The number of amides is 1. The Morgan fingerprint density at radius 1 is 1.32 bits per heavy atom. The molecule has 0 bridgehead atoms. The van der Waals surface area contributed by atoms with Gasteiger partial charge in [0.05, 0.1) is 11.1 Å². The molecule has 0 aliphatic heterocycles. The van der Waals surface area contributed by atoms with Crippen LogP contribution in [-0.2, 0) is 30.4 Å². The molecule has 4 aromatic rings. The Balaban J connectivity index is 1.20. The second kappa shape index (κ2) is 9.71. The summed E-state index contributed by atoms with van der Waals surface area (Å²) in [6.45, 7) is 0. The molecule has 3 heterocycles. The van der Waals surface area contributed by atoms with Gasteiger partial charge in [0.15, 0.2) is 0 Å². The van der Waals surface area contributed by atoms with Crippen LogP contribution in [0.15, 0.2) is 41.5 Å². The number of hydrogen-bond donors (Lipinski definition) is 2. The highest BCUT2D eigenvalue weighted by Gasteiger charge is 2.22. The van der Waals surface area contributed by atoms with Crippen LogP contribution in [0.1, 0.15) is 46.5 Å². The maximum Gasteiger partial charge on any atom is 0.259 e. The highest BCUT2D eigenvalue weighted by Crippen LogP contribution is 2.34. The number of thioether (sulfide) groups is 1. The van der Waals surface area contributed by atoms with E-state index < -0.39 is 6.04 Å². The van der Waals surface area contributed by atoms with E-state index in [1.807, 2.05) is 11.6 Å². The van der Waals surface area contributed by atoms with Crippen LogP contribution < -0.4 is 10.9 Å². The molecule has 176 valence electrons. The predicted molar refractivity (Wildman–Crippen MR) is 133 cm³/mol. The first-order valence-corrected chi connectivity index (χ1v) is 13.1. The minimum atomic E-state index is -0.473. The van der Waals surface area contributed by atoms with Crippen molar-refractivity contribution in [3.05, 3.63) is 80.5 Å². The van der Waals surface area contributed by atoms with Crippen LogP contribution in [0.25, 0.3) is 10.2 Å². The number of aromatic nitrogens is 4. The maximum absolute atomic E-state index is 13.4. The molecule has 1 amide bonds. The summed E-state index contributed by atoms with van der Waals surface area (Å²) in [5.41, 5.74) is 1.87. The average molecular weight is 498 g/mol. The van der Waals surface area contributed by atoms with Gasteiger partial charge in [-0.05, 0) is 42.5 Å². The Hall–Kier alpha value is -2.98. The van der Waals surface area contributed by atoms with Crippen LogP contribution in [0, 0.1) is 5.82 Å². The second-order valence-electron chi connectivity index (χ2n) is 8.30. The number of benzene rings is 1. The van der Waals surface area contributed by atoms with E-state index in [4.69, 9.17) is 0 Å². The second-order valence-corrected chi connectivity index (χ2v) is 10.5. The van der Waals surface area contributed by atoms with E-state index in [2.05, 4.69) is 20.3 Å². The van der Waals surface area contributed by atoms with Crippen LogP contribution >= 0.6 is 23.1 Å². The number of hydrogen-bond acceptors (Lipinski definition) is 6. The van der Waals surface area contributed by atoms with Crippen LogP contribution in [0.2, 0.25) is 0 Å². The molecule has 7 nitrogen and oxygen atoms in total. The SMILES string of the molecule is Cn1ccnc1C(NC(=O)CCSCc1nc2sc3c(c2c(=O)[nH]1)CCC3)c1ccc(F)cc1. The molecule has 10 heteroatoms. The molecule has 2 N–H and O–H groups in total. The van der Waals surface area contributed by atoms with E-state index in [0.717, 1.165) is 35.0 Å². The Bertz CT molecular complexity index is 1390. The fourth-order valence-electron chi connectivity index (χ4n) is 4.29. The number of imidazole rings is 1. The van der Waals surface area contributed by atoms with E-state index >= 15 is 0 Å². The van der Waals surface area contributed by atoms with Crippen molar-refractivity contribution >= 4 is 39.2 Å². The fourth-order valence-corrected chi connectivity index (χ4v) is 6.37. The largest absolute Gasteiger partial charge is 0.342 e. The Kier molecular flexibility index (Phi) is 6.51. The standard InChI is InChI=1S/C24H24FN5O2S2/c1-30-11-10-26-22(30)21(14-5-7-15(25)8-6-14)29-19(31)9-12-33-13-18-27-23(32)20-16-3-2-4-17(16)34-24(20)28-18/h5-8,10-11,21H,2-4,9,12-13H2,1H3,(H,29,31)(H,27,28,32). The summed E-state index contributed by atoms with van der Waals surface area (Å²) in [4.78, 5) is 39.3. The number of nitrogens with one attached hydrogen (secondary N) is 2. The normalized spacial score (nSPS) is 13.8. The number of aryl methyl sites for hydroxylation is 3. The van der Waals surface area contributed by atoms with Gasteiger partial charge in [-0.3, -0.25) is 9.59 Å². The molecular formula is C24H24FN5O2S2. The van der Waals surface area contributed by atoms with E-state index in [1.54, 1.807) is 47.6 Å². The summed E-state index contributed by atoms with van der Waals surface area (Å²) < 4.78 is 15.2. The van der Waals surface area contributed by atoms with Crippen molar-refractivity contribution in [2.75, 3.05) is 5.75 Å². The Morgan fingerprint density at radius 2 is 2.15 bits per heavy atom. The summed E-state index contributed by atoms with van der Waals surface area (Å²) in [5, 5.41) is 3.78. The highest BCUT2D eigenvalue weighted by molar-refractivity contribution is 7.98. The quantitative estimate of drug-likeness (QED) is 0.361. The minimum absolute atomic E-state index is 0.0602. The molecule has 34 heavy (non-hydrogen) atoms. The van der Waals surface area contributed by atoms with Crippen LogP contribution in [0.4, 0.5) is 4.39 Å². The topological polar surface area (TPSA) is 92.7 Å². The van der Waals surface area contributed by atoms with Crippen molar-refractivity contribution in [3.8, 4) is 0 Å². The molecule has 1 aliphatic rings. The molecule has 1 unspecified atom stereocenters. The van der Waals surface area contributed by atoms with Crippen LogP contribution in [-0.4, -0.2) is 31.2 Å². The molecule has 0 radical (unpaired) electrons. The number of thiophene rings is 1. The lowest BCUT2D eigenvalue weighted by atomic mass is 10.1. The summed E-state index contributed by atoms with van der Waals surface area (Å²) in [6, 6.07) is 5.59. The monoisotopic (exact) mass is 497 g/mol. The fraction of sp³-hybridized carbons (Fsp3) is 0.333. The zero-order valence-electron chi connectivity index (χ0n) is 18.6. The number of carbonyl (C=O) groups excluding carboxylic acids is 1. The highest BCUT2D eigenvalue weighted by atomic mass is 32.2. The summed E-state index contributed by atoms with van der Waals surface area (Å²) in [5.74, 6) is 1.96. The summed E-state index contributed by atoms with van der Waals surface area (Å²) in [6.07, 6.45) is 6.87. The molecule has 3 aromatic heterocycles. The van der Waals surface area contributed by atoms with Crippen molar-refractivity contribution in [1.29, 1.82) is 0 Å². The van der Waals surface area contributed by atoms with Crippen molar-refractivity contribution < 1.29 is 9.18 Å². The molecular weight excluding hydrogens is 473 g/mol. The molecule has 5 rings (SSSR count). The van der Waals surface area contributed by atoms with E-state index in [1.165, 1.54) is 22.6 Å². The first-order chi connectivity index (χ1) is 16.5. The van der Waals surface area contributed by atoms with Crippen LogP contribution in [0.3, 0.4) is 0 Å². The lowest BCUT2D eigenvalue weighted by Crippen LogP contribution is -2.31. The van der Waals surface area contributed by atoms with Gasteiger partial charge in [0.1, 0.15) is 28.3 Å². The Labute approximate surface area is 203 Å². The van der Waals surface area contributed by atoms with Gasteiger partial charge in [0.2, 0.25) is 5.91 Å². The maximum atomic E-state index is 13.4. The van der Waals surface area contributed by atoms with Gasteiger partial charge < -0.3 is 14.9 Å². The number of carbonyl (C=O) groups is 1. The molecule has 0 saturated heterocycles. The van der Waals surface area contributed by atoms with E-state index in [0.29, 0.717) is 29.6 Å².